The van der Waals surface area contributed by atoms with E-state index in [-0.39, 0.29) is 0 Å². The van der Waals surface area contributed by atoms with Crippen molar-refractivity contribution in [2.24, 2.45) is 0 Å². The van der Waals surface area contributed by atoms with Gasteiger partial charge in [-0.2, -0.15) is 0 Å². The average molecular weight is 205 g/mol. The summed E-state index contributed by atoms with van der Waals surface area (Å²) in [6, 6.07) is 3.89. The number of hydrogen-bond donors (Lipinski definition) is 0. The van der Waals surface area contributed by atoms with Crippen LogP contribution < -0.4 is 0 Å². The molecule has 2 aromatic heterocycles. The molecule has 0 amide bonds. The first-order valence-corrected chi connectivity index (χ1v) is 4.67. The number of rotatable bonds is 1. The molecule has 0 spiro atoms. The Balaban J connectivity index is 2.58. The van der Waals surface area contributed by atoms with E-state index in [2.05, 4.69) is 9.97 Å². The van der Waals surface area contributed by atoms with Crippen molar-refractivity contribution in [2.45, 2.75) is 6.92 Å². The van der Waals surface area contributed by atoms with Gasteiger partial charge in [0.25, 0.3) is 0 Å². The molecule has 3 heteroatoms. The summed E-state index contributed by atoms with van der Waals surface area (Å²) in [5.74, 6) is 0. The van der Waals surface area contributed by atoms with E-state index < -0.39 is 0 Å². The Morgan fingerprint density at radius 3 is 2.50 bits per heavy atom. The van der Waals surface area contributed by atoms with Crippen molar-refractivity contribution < 1.29 is 0 Å². The lowest BCUT2D eigenvalue weighted by molar-refractivity contribution is 1.27. The van der Waals surface area contributed by atoms with Gasteiger partial charge in [0.05, 0.1) is 5.02 Å². The van der Waals surface area contributed by atoms with Crippen molar-refractivity contribution >= 4 is 11.6 Å². The van der Waals surface area contributed by atoms with Crippen molar-refractivity contribution in [3.05, 3.63) is 47.5 Å². The molecule has 0 fully saturated rings. The molecule has 70 valence electrons. The van der Waals surface area contributed by atoms with Crippen LogP contribution in [-0.2, 0) is 0 Å². The summed E-state index contributed by atoms with van der Waals surface area (Å²) in [5, 5.41) is 0.694. The second-order valence-corrected chi connectivity index (χ2v) is 3.44. The molecule has 0 saturated heterocycles. The van der Waals surface area contributed by atoms with E-state index in [1.54, 1.807) is 18.6 Å². The van der Waals surface area contributed by atoms with Crippen LogP contribution in [0, 0.1) is 6.92 Å². The Morgan fingerprint density at radius 1 is 1.07 bits per heavy atom. The molecule has 0 atom stereocenters. The predicted octanol–water partition coefficient (Wildman–Crippen LogP) is 3.11. The molecule has 0 aliphatic heterocycles. The zero-order chi connectivity index (χ0) is 9.97. The monoisotopic (exact) mass is 204 g/mol. The molecule has 0 radical (unpaired) electrons. The molecule has 2 rings (SSSR count). The maximum absolute atomic E-state index is 5.99. The minimum Gasteiger partial charge on any atom is -0.265 e. The first-order valence-electron chi connectivity index (χ1n) is 4.29. The number of nitrogens with zero attached hydrogens (tertiary/aromatic N) is 2. The second-order valence-electron chi connectivity index (χ2n) is 3.03. The molecule has 0 N–H and O–H groups in total. The van der Waals surface area contributed by atoms with Gasteiger partial charge >= 0.3 is 0 Å². The lowest BCUT2D eigenvalue weighted by Crippen LogP contribution is -1.86. The lowest BCUT2D eigenvalue weighted by Gasteiger charge is -2.05. The molecule has 14 heavy (non-hydrogen) atoms. The van der Waals surface area contributed by atoms with E-state index in [9.17, 15) is 0 Å². The van der Waals surface area contributed by atoms with Gasteiger partial charge in [0, 0.05) is 30.4 Å². The van der Waals surface area contributed by atoms with Gasteiger partial charge in [0.1, 0.15) is 0 Å². The SMILES string of the molecule is Cc1c(Cl)cncc1-c1ccncc1. The highest BCUT2D eigenvalue weighted by atomic mass is 35.5. The Kier molecular flexibility index (Phi) is 2.46. The van der Waals surface area contributed by atoms with Gasteiger partial charge in [0.15, 0.2) is 0 Å². The Hall–Kier alpha value is -1.41. The minimum absolute atomic E-state index is 0.694. The molecular formula is C11H9ClN2. The molecular weight excluding hydrogens is 196 g/mol. The van der Waals surface area contributed by atoms with Crippen LogP contribution in [0.2, 0.25) is 5.02 Å². The molecule has 0 bridgehead atoms. The zero-order valence-corrected chi connectivity index (χ0v) is 8.49. The number of hydrogen-bond acceptors (Lipinski definition) is 2. The minimum atomic E-state index is 0.694. The highest BCUT2D eigenvalue weighted by molar-refractivity contribution is 6.31. The summed E-state index contributed by atoms with van der Waals surface area (Å²) in [5.41, 5.74) is 3.19. The fourth-order valence-corrected chi connectivity index (χ4v) is 1.48. The quantitative estimate of drug-likeness (QED) is 0.714. The van der Waals surface area contributed by atoms with Crippen molar-refractivity contribution in [3.63, 3.8) is 0 Å². The summed E-state index contributed by atoms with van der Waals surface area (Å²) in [4.78, 5) is 8.04. The molecule has 0 saturated carbocycles. The van der Waals surface area contributed by atoms with Gasteiger partial charge in [-0.3, -0.25) is 9.97 Å². The molecule has 0 aliphatic carbocycles. The number of pyridine rings is 2. The zero-order valence-electron chi connectivity index (χ0n) is 7.74. The number of halogens is 1. The molecule has 2 aromatic rings. The fraction of sp³-hybridized carbons (Fsp3) is 0.0909. The van der Waals surface area contributed by atoms with Crippen LogP contribution in [-0.4, -0.2) is 9.97 Å². The highest BCUT2D eigenvalue weighted by Crippen LogP contribution is 2.26. The highest BCUT2D eigenvalue weighted by Gasteiger charge is 2.04. The summed E-state index contributed by atoms with van der Waals surface area (Å²) in [7, 11) is 0. The molecule has 0 aromatic carbocycles. The van der Waals surface area contributed by atoms with E-state index >= 15 is 0 Å². The Bertz CT molecular complexity index is 440. The van der Waals surface area contributed by atoms with Gasteiger partial charge in [-0.05, 0) is 30.2 Å². The van der Waals surface area contributed by atoms with Crippen molar-refractivity contribution in [1.29, 1.82) is 0 Å². The summed E-state index contributed by atoms with van der Waals surface area (Å²) in [6.07, 6.45) is 6.99. The normalized spacial score (nSPS) is 10.1. The largest absolute Gasteiger partial charge is 0.265 e. The van der Waals surface area contributed by atoms with Crippen LogP contribution in [0.4, 0.5) is 0 Å². The van der Waals surface area contributed by atoms with E-state index in [1.165, 1.54) is 0 Å². The van der Waals surface area contributed by atoms with Crippen LogP contribution in [0.15, 0.2) is 36.9 Å². The van der Waals surface area contributed by atoms with E-state index in [0.29, 0.717) is 5.02 Å². The standard InChI is InChI=1S/C11H9ClN2/c1-8-10(6-14-7-11(8)12)9-2-4-13-5-3-9/h2-7H,1H3. The van der Waals surface area contributed by atoms with Gasteiger partial charge in [-0.1, -0.05) is 11.6 Å². The van der Waals surface area contributed by atoms with Crippen LogP contribution in [0.1, 0.15) is 5.56 Å². The van der Waals surface area contributed by atoms with Crippen LogP contribution in [0.25, 0.3) is 11.1 Å². The fourth-order valence-electron chi connectivity index (χ4n) is 1.32. The van der Waals surface area contributed by atoms with E-state index in [1.807, 2.05) is 25.3 Å². The topological polar surface area (TPSA) is 25.8 Å². The third-order valence-corrected chi connectivity index (χ3v) is 2.53. The smallest absolute Gasteiger partial charge is 0.0624 e. The molecule has 0 aliphatic rings. The van der Waals surface area contributed by atoms with Gasteiger partial charge in [-0.25, -0.2) is 0 Å². The third kappa shape index (κ3) is 1.61. The Labute approximate surface area is 87.6 Å². The Morgan fingerprint density at radius 2 is 1.79 bits per heavy atom. The average Bonchev–Trinajstić information content (AvgIpc) is 2.23. The van der Waals surface area contributed by atoms with Crippen molar-refractivity contribution in [2.75, 3.05) is 0 Å². The second kappa shape index (κ2) is 3.76. The summed E-state index contributed by atoms with van der Waals surface area (Å²) < 4.78 is 0. The third-order valence-electron chi connectivity index (χ3n) is 2.15. The van der Waals surface area contributed by atoms with Crippen LogP contribution in [0.5, 0.6) is 0 Å². The first-order chi connectivity index (χ1) is 6.79. The van der Waals surface area contributed by atoms with Crippen molar-refractivity contribution in [3.8, 4) is 11.1 Å². The number of aromatic nitrogens is 2. The van der Waals surface area contributed by atoms with Gasteiger partial charge in [-0.15, -0.1) is 0 Å². The lowest BCUT2D eigenvalue weighted by atomic mass is 10.0. The van der Waals surface area contributed by atoms with Crippen LogP contribution >= 0.6 is 11.6 Å². The molecule has 0 unspecified atom stereocenters. The molecule has 2 nitrogen and oxygen atoms in total. The van der Waals surface area contributed by atoms with Crippen LogP contribution in [0.3, 0.4) is 0 Å². The predicted molar refractivity (Wildman–Crippen MR) is 57.2 cm³/mol. The van der Waals surface area contributed by atoms with Gasteiger partial charge < -0.3 is 0 Å². The van der Waals surface area contributed by atoms with E-state index in [0.717, 1.165) is 16.7 Å². The summed E-state index contributed by atoms with van der Waals surface area (Å²) in [6.45, 7) is 1.99. The summed E-state index contributed by atoms with van der Waals surface area (Å²) >= 11 is 5.99. The first kappa shape index (κ1) is 9.16. The van der Waals surface area contributed by atoms with Crippen molar-refractivity contribution in [1.82, 2.24) is 9.97 Å². The maximum atomic E-state index is 5.99. The van der Waals surface area contributed by atoms with Gasteiger partial charge in [0.2, 0.25) is 0 Å². The molecule has 2 heterocycles. The van der Waals surface area contributed by atoms with E-state index in [4.69, 9.17) is 11.6 Å². The maximum Gasteiger partial charge on any atom is 0.0624 e.